The molecule has 0 saturated heterocycles. The van der Waals surface area contributed by atoms with E-state index in [0.29, 0.717) is 13.0 Å². The molecule has 172 valence electrons. The van der Waals surface area contributed by atoms with Crippen LogP contribution in [-0.4, -0.2) is 33.5 Å². The van der Waals surface area contributed by atoms with Crippen LogP contribution >= 0.6 is 0 Å². The van der Waals surface area contributed by atoms with Crippen LogP contribution in [0.1, 0.15) is 25.8 Å². The summed E-state index contributed by atoms with van der Waals surface area (Å²) in [5.41, 5.74) is 7.55. The summed E-state index contributed by atoms with van der Waals surface area (Å²) < 4.78 is 2.11. The predicted molar refractivity (Wildman–Crippen MR) is 141 cm³/mol. The number of para-hydroxylation sites is 3. The number of carbonyl (C=O) groups is 1. The Morgan fingerprint density at radius 1 is 0.941 bits per heavy atom. The van der Waals surface area contributed by atoms with Crippen molar-refractivity contribution in [2.24, 2.45) is 0 Å². The van der Waals surface area contributed by atoms with Gasteiger partial charge in [0.2, 0.25) is 5.91 Å². The fraction of sp³-hybridized carbons (Fsp3) is 0.250. The zero-order valence-corrected chi connectivity index (χ0v) is 19.9. The van der Waals surface area contributed by atoms with Gasteiger partial charge in [0, 0.05) is 42.8 Å². The summed E-state index contributed by atoms with van der Waals surface area (Å²) >= 11 is 0. The minimum atomic E-state index is -0.0154. The molecule has 0 bridgehead atoms. The SMILES string of the molecule is CCN(CC)c1ccc(NC(=O)CCn2c3ccccc3c3nc4ccccc4nc32)c(C)c1. The van der Waals surface area contributed by atoms with Crippen LogP contribution in [0.5, 0.6) is 0 Å². The molecule has 6 heteroatoms. The monoisotopic (exact) mass is 451 g/mol. The minimum Gasteiger partial charge on any atom is -0.372 e. The number of aryl methyl sites for hydroxylation is 2. The lowest BCUT2D eigenvalue weighted by atomic mass is 10.1. The van der Waals surface area contributed by atoms with Crippen LogP contribution in [0.4, 0.5) is 11.4 Å². The average molecular weight is 452 g/mol. The number of nitrogens with zero attached hydrogens (tertiary/aromatic N) is 4. The maximum absolute atomic E-state index is 12.9. The van der Waals surface area contributed by atoms with E-state index in [4.69, 9.17) is 9.97 Å². The van der Waals surface area contributed by atoms with Gasteiger partial charge in [0.15, 0.2) is 5.65 Å². The second-order valence-electron chi connectivity index (χ2n) is 8.52. The van der Waals surface area contributed by atoms with Crippen molar-refractivity contribution in [3.63, 3.8) is 0 Å². The molecule has 5 aromatic rings. The molecule has 6 nitrogen and oxygen atoms in total. The molecule has 2 aromatic heterocycles. The Morgan fingerprint density at radius 2 is 1.65 bits per heavy atom. The number of amides is 1. The van der Waals surface area contributed by atoms with Gasteiger partial charge in [-0.05, 0) is 62.7 Å². The summed E-state index contributed by atoms with van der Waals surface area (Å²) in [4.78, 5) is 25.0. The van der Waals surface area contributed by atoms with Crippen molar-refractivity contribution in [1.82, 2.24) is 14.5 Å². The smallest absolute Gasteiger partial charge is 0.226 e. The molecule has 0 unspecified atom stereocenters. The van der Waals surface area contributed by atoms with Gasteiger partial charge in [0.25, 0.3) is 0 Å². The summed E-state index contributed by atoms with van der Waals surface area (Å²) in [7, 11) is 0. The Kier molecular flexibility index (Phi) is 5.88. The van der Waals surface area contributed by atoms with Crippen LogP contribution in [0, 0.1) is 6.92 Å². The number of benzene rings is 3. The average Bonchev–Trinajstić information content (AvgIpc) is 3.16. The Labute approximate surface area is 199 Å². The van der Waals surface area contributed by atoms with E-state index in [-0.39, 0.29) is 5.91 Å². The molecule has 0 aliphatic rings. The van der Waals surface area contributed by atoms with E-state index in [1.165, 1.54) is 5.69 Å². The summed E-state index contributed by atoms with van der Waals surface area (Å²) in [6.45, 7) is 8.78. The van der Waals surface area contributed by atoms with Gasteiger partial charge in [-0.15, -0.1) is 0 Å². The van der Waals surface area contributed by atoms with Gasteiger partial charge in [-0.2, -0.15) is 0 Å². The zero-order valence-electron chi connectivity index (χ0n) is 19.9. The first kappa shape index (κ1) is 21.9. The summed E-state index contributed by atoms with van der Waals surface area (Å²) in [5, 5.41) is 4.15. The molecule has 0 aliphatic carbocycles. The predicted octanol–water partition coefficient (Wildman–Crippen LogP) is 5.92. The third kappa shape index (κ3) is 3.96. The molecule has 5 rings (SSSR count). The Balaban J connectivity index is 1.40. The topological polar surface area (TPSA) is 63.1 Å². The molecule has 2 heterocycles. The number of nitrogens with one attached hydrogen (secondary N) is 1. The van der Waals surface area contributed by atoms with Crippen molar-refractivity contribution >= 4 is 50.4 Å². The number of aromatic nitrogens is 3. The lowest BCUT2D eigenvalue weighted by Gasteiger charge is -2.22. The summed E-state index contributed by atoms with van der Waals surface area (Å²) in [6, 6.07) is 22.3. The first-order valence-electron chi connectivity index (χ1n) is 11.9. The molecular formula is C28H29N5O. The zero-order chi connectivity index (χ0) is 23.7. The molecule has 0 fully saturated rings. The van der Waals surface area contributed by atoms with Crippen molar-refractivity contribution in [1.29, 1.82) is 0 Å². The summed E-state index contributed by atoms with van der Waals surface area (Å²) in [5.74, 6) is -0.0154. The van der Waals surface area contributed by atoms with Crippen molar-refractivity contribution in [3.8, 4) is 0 Å². The van der Waals surface area contributed by atoms with Crippen molar-refractivity contribution in [2.45, 2.75) is 33.7 Å². The minimum absolute atomic E-state index is 0.0154. The van der Waals surface area contributed by atoms with Crippen LogP contribution in [0.2, 0.25) is 0 Å². The third-order valence-electron chi connectivity index (χ3n) is 6.43. The van der Waals surface area contributed by atoms with E-state index < -0.39 is 0 Å². The van der Waals surface area contributed by atoms with Crippen LogP contribution < -0.4 is 10.2 Å². The highest BCUT2D eigenvalue weighted by Crippen LogP contribution is 2.28. The van der Waals surface area contributed by atoms with Gasteiger partial charge in [-0.3, -0.25) is 4.79 Å². The second-order valence-corrected chi connectivity index (χ2v) is 8.52. The second kappa shape index (κ2) is 9.14. The van der Waals surface area contributed by atoms with Crippen molar-refractivity contribution in [2.75, 3.05) is 23.3 Å². The Morgan fingerprint density at radius 3 is 2.38 bits per heavy atom. The lowest BCUT2D eigenvalue weighted by Crippen LogP contribution is -2.22. The number of carbonyl (C=O) groups excluding carboxylic acids is 1. The van der Waals surface area contributed by atoms with E-state index in [1.54, 1.807) is 0 Å². The Bertz CT molecular complexity index is 1500. The number of rotatable bonds is 7. The van der Waals surface area contributed by atoms with Crippen molar-refractivity contribution in [3.05, 3.63) is 72.3 Å². The van der Waals surface area contributed by atoms with Gasteiger partial charge in [-0.1, -0.05) is 30.3 Å². The first-order valence-corrected chi connectivity index (χ1v) is 11.9. The molecule has 0 saturated carbocycles. The molecule has 3 aromatic carbocycles. The van der Waals surface area contributed by atoms with Gasteiger partial charge in [0.1, 0.15) is 5.52 Å². The standard InChI is InChI=1S/C28H29N5O/c1-4-32(5-2)20-14-15-22(19(3)18-20)29-26(34)16-17-33-25-13-9-6-10-21(25)27-28(33)31-24-12-8-7-11-23(24)30-27/h6-15,18H,4-5,16-17H2,1-3H3,(H,29,34). The Hall–Kier alpha value is -3.93. The lowest BCUT2D eigenvalue weighted by molar-refractivity contribution is -0.116. The molecular weight excluding hydrogens is 422 g/mol. The normalized spacial score (nSPS) is 11.4. The van der Waals surface area contributed by atoms with E-state index in [9.17, 15) is 4.79 Å². The summed E-state index contributed by atoms with van der Waals surface area (Å²) in [6.07, 6.45) is 0.347. The van der Waals surface area contributed by atoms with Crippen LogP contribution in [0.25, 0.3) is 33.1 Å². The van der Waals surface area contributed by atoms with Crippen LogP contribution in [-0.2, 0) is 11.3 Å². The largest absolute Gasteiger partial charge is 0.372 e. The molecule has 0 spiro atoms. The molecule has 34 heavy (non-hydrogen) atoms. The number of fused-ring (bicyclic) bond motifs is 4. The fourth-order valence-electron chi connectivity index (χ4n) is 4.61. The van der Waals surface area contributed by atoms with Gasteiger partial charge in [0.05, 0.1) is 16.6 Å². The first-order chi connectivity index (χ1) is 16.6. The van der Waals surface area contributed by atoms with Gasteiger partial charge < -0.3 is 14.8 Å². The molecule has 0 radical (unpaired) electrons. The number of hydrogen-bond acceptors (Lipinski definition) is 4. The molecule has 1 amide bonds. The highest BCUT2D eigenvalue weighted by Gasteiger charge is 2.15. The van der Waals surface area contributed by atoms with Crippen LogP contribution in [0.3, 0.4) is 0 Å². The maximum atomic E-state index is 12.9. The fourth-order valence-corrected chi connectivity index (χ4v) is 4.61. The van der Waals surface area contributed by atoms with Crippen LogP contribution in [0.15, 0.2) is 66.7 Å². The molecule has 0 aliphatic heterocycles. The third-order valence-corrected chi connectivity index (χ3v) is 6.43. The number of hydrogen-bond donors (Lipinski definition) is 1. The number of anilines is 2. The molecule has 1 N–H and O–H groups in total. The van der Waals surface area contributed by atoms with Crippen molar-refractivity contribution < 1.29 is 4.79 Å². The van der Waals surface area contributed by atoms with E-state index in [2.05, 4.69) is 52.9 Å². The highest BCUT2D eigenvalue weighted by atomic mass is 16.1. The van der Waals surface area contributed by atoms with Gasteiger partial charge in [-0.25, -0.2) is 9.97 Å². The quantitative estimate of drug-likeness (QED) is 0.334. The maximum Gasteiger partial charge on any atom is 0.226 e. The highest BCUT2D eigenvalue weighted by molar-refractivity contribution is 6.06. The molecule has 0 atom stereocenters. The van der Waals surface area contributed by atoms with E-state index in [0.717, 1.165) is 57.4 Å². The van der Waals surface area contributed by atoms with Gasteiger partial charge >= 0.3 is 0 Å². The van der Waals surface area contributed by atoms with E-state index >= 15 is 0 Å². The van der Waals surface area contributed by atoms with E-state index in [1.807, 2.05) is 49.4 Å².